The highest BCUT2D eigenvalue weighted by Crippen LogP contribution is 2.30. The van der Waals surface area contributed by atoms with Gasteiger partial charge in [-0.1, -0.05) is 84.9 Å². The summed E-state index contributed by atoms with van der Waals surface area (Å²) >= 11 is 0. The molecule has 0 amide bonds. The molecule has 2 aromatic heterocycles. The number of benzene rings is 6. The summed E-state index contributed by atoms with van der Waals surface area (Å²) in [5.74, 6) is -3.61. The molecule has 12 nitrogen and oxygen atoms in total. The quantitative estimate of drug-likeness (QED) is 0.137. The van der Waals surface area contributed by atoms with Crippen molar-refractivity contribution in [3.8, 4) is 0 Å². The second kappa shape index (κ2) is 20.6. The maximum atomic E-state index is 15.1. The van der Waals surface area contributed by atoms with Crippen LogP contribution in [0.4, 0.5) is 20.2 Å². The second-order valence-electron chi connectivity index (χ2n) is 17.4. The number of piperazine rings is 2. The maximum Gasteiger partial charge on any atom is 0.341 e. The van der Waals surface area contributed by atoms with Crippen LogP contribution in [0.2, 0.25) is 0 Å². The number of hydrogen-bond donors (Lipinski definition) is 2. The third-order valence-electron chi connectivity index (χ3n) is 13.4. The van der Waals surface area contributed by atoms with E-state index in [1.54, 1.807) is 21.3 Å². The van der Waals surface area contributed by atoms with Crippen molar-refractivity contribution < 1.29 is 28.6 Å². The highest BCUT2D eigenvalue weighted by molar-refractivity contribution is 5.95. The summed E-state index contributed by atoms with van der Waals surface area (Å²) in [6, 6.07) is 35.2. The fourth-order valence-corrected chi connectivity index (χ4v) is 9.75. The molecule has 0 atom stereocenters. The van der Waals surface area contributed by atoms with E-state index in [-0.39, 0.29) is 34.3 Å². The zero-order valence-corrected chi connectivity index (χ0v) is 39.2. The molecule has 356 valence electrons. The van der Waals surface area contributed by atoms with Crippen LogP contribution in [0.25, 0.3) is 43.4 Å². The van der Waals surface area contributed by atoms with Crippen LogP contribution in [0.3, 0.4) is 0 Å². The molecular formula is C54H53ClF2N6O6. The third kappa shape index (κ3) is 9.78. The van der Waals surface area contributed by atoms with Gasteiger partial charge in [-0.05, 0) is 70.8 Å². The molecule has 0 unspecified atom stereocenters. The summed E-state index contributed by atoms with van der Waals surface area (Å²) in [6.45, 7) is 12.2. The minimum absolute atomic E-state index is 0. The highest BCUT2D eigenvalue weighted by Gasteiger charge is 2.25. The van der Waals surface area contributed by atoms with Gasteiger partial charge in [-0.3, -0.25) is 19.4 Å². The summed E-state index contributed by atoms with van der Waals surface area (Å²) in [4.78, 5) is 56.9. The van der Waals surface area contributed by atoms with Gasteiger partial charge in [0.05, 0.1) is 22.4 Å². The van der Waals surface area contributed by atoms with Gasteiger partial charge < -0.3 is 29.1 Å². The molecule has 2 N–H and O–H groups in total. The summed E-state index contributed by atoms with van der Waals surface area (Å²) in [5.41, 5.74) is 2.56. The van der Waals surface area contributed by atoms with E-state index in [0.717, 1.165) is 39.3 Å². The molecule has 4 heterocycles. The van der Waals surface area contributed by atoms with Crippen molar-refractivity contribution in [1.29, 1.82) is 0 Å². The lowest BCUT2D eigenvalue weighted by molar-refractivity contribution is 0.0684. The molecule has 2 fully saturated rings. The van der Waals surface area contributed by atoms with Crippen molar-refractivity contribution in [2.45, 2.75) is 40.0 Å². The van der Waals surface area contributed by atoms with Crippen molar-refractivity contribution >= 4 is 79.1 Å². The van der Waals surface area contributed by atoms with Gasteiger partial charge in [-0.15, -0.1) is 12.4 Å². The van der Waals surface area contributed by atoms with Crippen molar-refractivity contribution in [3.05, 3.63) is 176 Å². The van der Waals surface area contributed by atoms with Gasteiger partial charge in [0.1, 0.15) is 22.8 Å². The van der Waals surface area contributed by atoms with Crippen LogP contribution in [0.5, 0.6) is 0 Å². The van der Waals surface area contributed by atoms with E-state index in [1.807, 2.05) is 35.8 Å². The van der Waals surface area contributed by atoms with Crippen molar-refractivity contribution in [2.75, 3.05) is 62.2 Å². The number of carboxylic acids is 2. The first kappa shape index (κ1) is 48.3. The Labute approximate surface area is 403 Å². The van der Waals surface area contributed by atoms with Crippen LogP contribution in [-0.2, 0) is 26.2 Å². The monoisotopic (exact) mass is 954 g/mol. The Bertz CT molecular complexity index is 3130. The number of carbonyl (C=O) groups is 2. The van der Waals surface area contributed by atoms with Crippen molar-refractivity contribution in [3.63, 3.8) is 0 Å². The van der Waals surface area contributed by atoms with Crippen LogP contribution in [0.15, 0.2) is 131 Å². The number of aromatic nitrogens is 2. The van der Waals surface area contributed by atoms with E-state index in [2.05, 4.69) is 82.6 Å². The van der Waals surface area contributed by atoms with E-state index in [1.165, 1.54) is 57.2 Å². The minimum atomic E-state index is -1.30. The zero-order valence-electron chi connectivity index (χ0n) is 38.4. The number of halogens is 3. The smallest absolute Gasteiger partial charge is 0.341 e. The number of pyridine rings is 2. The number of hydrogen-bond acceptors (Lipinski definition) is 8. The fourth-order valence-electron chi connectivity index (χ4n) is 9.75. The highest BCUT2D eigenvalue weighted by atomic mass is 35.5. The Morgan fingerprint density at radius 2 is 0.870 bits per heavy atom. The summed E-state index contributed by atoms with van der Waals surface area (Å²) in [6.07, 6.45) is 2.69. The van der Waals surface area contributed by atoms with Gasteiger partial charge in [0.15, 0.2) is 0 Å². The first-order valence-electron chi connectivity index (χ1n) is 23.0. The van der Waals surface area contributed by atoms with Gasteiger partial charge in [0.2, 0.25) is 10.9 Å². The number of aryl methyl sites for hydroxylation is 2. The normalized spacial score (nSPS) is 14.5. The van der Waals surface area contributed by atoms with E-state index in [0.29, 0.717) is 61.7 Å². The van der Waals surface area contributed by atoms with Gasteiger partial charge in [-0.2, -0.15) is 0 Å². The van der Waals surface area contributed by atoms with Crippen LogP contribution in [-0.4, -0.2) is 93.4 Å². The molecule has 0 radical (unpaired) electrons. The predicted octanol–water partition coefficient (Wildman–Crippen LogP) is 9.09. The van der Waals surface area contributed by atoms with Gasteiger partial charge in [0, 0.05) is 102 Å². The van der Waals surface area contributed by atoms with E-state index in [9.17, 15) is 29.4 Å². The molecule has 0 bridgehead atoms. The Kier molecular flexibility index (Phi) is 14.4. The molecule has 0 aliphatic carbocycles. The zero-order chi connectivity index (χ0) is 47.6. The molecule has 2 aliphatic rings. The lowest BCUT2D eigenvalue weighted by atomic mass is 10.0. The summed E-state index contributed by atoms with van der Waals surface area (Å²) in [7, 11) is 0. The van der Waals surface area contributed by atoms with E-state index >= 15 is 8.78 Å². The summed E-state index contributed by atoms with van der Waals surface area (Å²) < 4.78 is 33.6. The largest absolute Gasteiger partial charge is 0.477 e. The van der Waals surface area contributed by atoms with Crippen LogP contribution < -0.4 is 20.7 Å². The number of anilines is 2. The van der Waals surface area contributed by atoms with Gasteiger partial charge >= 0.3 is 11.9 Å². The molecule has 0 saturated carbocycles. The van der Waals surface area contributed by atoms with Crippen LogP contribution >= 0.6 is 12.4 Å². The first-order chi connectivity index (χ1) is 32.9. The number of rotatable bonds is 10. The van der Waals surface area contributed by atoms with Crippen molar-refractivity contribution in [1.82, 2.24) is 18.9 Å². The topological polar surface area (TPSA) is 132 Å². The molecule has 69 heavy (non-hydrogen) atoms. The molecule has 10 rings (SSSR count). The van der Waals surface area contributed by atoms with Gasteiger partial charge in [-0.25, -0.2) is 18.4 Å². The van der Waals surface area contributed by atoms with Crippen LogP contribution in [0, 0.1) is 11.6 Å². The molecule has 2 saturated heterocycles. The standard InChI is InChI=1S/2C27H26FN3O3.ClH/c2*1-2-30-17-22(27(33)34)26(32)21-14-23(28)25(15-24(21)30)31-12-10-29(11-13-31)16-19-8-5-7-18-6-3-4-9-20(18)19;/h2*3-9,14-15,17H,2,10-13,16H2,1H3,(H,33,34);1H. The number of carboxylic acid groups (broad SMARTS) is 2. The number of aromatic carboxylic acids is 2. The maximum absolute atomic E-state index is 15.1. The molecular weight excluding hydrogens is 902 g/mol. The Morgan fingerprint density at radius 1 is 0.507 bits per heavy atom. The lowest BCUT2D eigenvalue weighted by Crippen LogP contribution is -2.46. The molecule has 8 aromatic rings. The lowest BCUT2D eigenvalue weighted by Gasteiger charge is -2.36. The Balaban J connectivity index is 0.000000183. The molecule has 6 aromatic carbocycles. The SMILES string of the molecule is CCn1cc(C(=O)O)c(=O)c2cc(F)c(N3CCN(Cc4cccc5ccccc45)CC3)cc21.CCn1cc(C(=O)O)c(=O)c2cc(F)c(N3CCN(Cc4cccc5ccccc45)CC3)cc21.Cl. The third-order valence-corrected chi connectivity index (χ3v) is 13.4. The summed E-state index contributed by atoms with van der Waals surface area (Å²) in [5, 5.41) is 23.8. The average molecular weight is 956 g/mol. The second-order valence-corrected chi connectivity index (χ2v) is 17.4. The minimum Gasteiger partial charge on any atom is -0.477 e. The first-order valence-corrected chi connectivity index (χ1v) is 23.0. The van der Waals surface area contributed by atoms with Gasteiger partial charge in [0.25, 0.3) is 0 Å². The molecule has 15 heteroatoms. The Hall–Kier alpha value is -7.13. The van der Waals surface area contributed by atoms with Crippen LogP contribution in [0.1, 0.15) is 45.7 Å². The molecule has 0 spiro atoms. The van der Waals surface area contributed by atoms with E-state index < -0.39 is 34.4 Å². The number of nitrogens with zero attached hydrogens (tertiary/aromatic N) is 6. The number of fused-ring (bicyclic) bond motifs is 4. The molecule has 2 aliphatic heterocycles. The average Bonchev–Trinajstić information content (AvgIpc) is 3.35. The fraction of sp³-hybridized carbons (Fsp3) is 0.259. The predicted molar refractivity (Wildman–Crippen MR) is 272 cm³/mol. The van der Waals surface area contributed by atoms with E-state index in [4.69, 9.17) is 0 Å². The van der Waals surface area contributed by atoms with Crippen molar-refractivity contribution in [2.24, 2.45) is 0 Å². The Morgan fingerprint density at radius 3 is 1.23 bits per heavy atom.